The summed E-state index contributed by atoms with van der Waals surface area (Å²) in [6.45, 7) is 4.95. The summed E-state index contributed by atoms with van der Waals surface area (Å²) in [5.41, 5.74) is 6.79. The molecule has 4 N–H and O–H groups in total. The zero-order chi connectivity index (χ0) is 15.8. The Kier molecular flexibility index (Phi) is 6.88. The number of nitrogens with two attached hydrogens (primary N) is 1. The lowest BCUT2D eigenvalue weighted by Gasteiger charge is -2.16. The Hall–Kier alpha value is -1.88. The van der Waals surface area contributed by atoms with Crippen LogP contribution in [0.1, 0.15) is 36.2 Å². The highest BCUT2D eigenvalue weighted by molar-refractivity contribution is 5.87. The summed E-state index contributed by atoms with van der Waals surface area (Å²) in [6.07, 6.45) is 1.38. The second-order valence-corrected chi connectivity index (χ2v) is 5.61. The Balaban J connectivity index is 2.47. The maximum atomic E-state index is 12.0. The second-order valence-electron chi connectivity index (χ2n) is 5.61. The largest absolute Gasteiger partial charge is 0.478 e. The molecule has 1 aromatic rings. The molecule has 0 radical (unpaired) electrons. The van der Waals surface area contributed by atoms with Crippen molar-refractivity contribution in [2.75, 3.05) is 13.1 Å². The Labute approximate surface area is 125 Å². The molecule has 5 nitrogen and oxygen atoms in total. The first-order valence-electron chi connectivity index (χ1n) is 7.24. The molecular formula is C16H24N2O3. The summed E-state index contributed by atoms with van der Waals surface area (Å²) in [6, 6.07) is 6.75. The molecule has 21 heavy (non-hydrogen) atoms. The number of rotatable bonds is 8. The molecule has 0 saturated heterocycles. The van der Waals surface area contributed by atoms with E-state index in [0.29, 0.717) is 25.4 Å². The van der Waals surface area contributed by atoms with Crippen LogP contribution < -0.4 is 11.1 Å². The number of carboxylic acid groups (broad SMARTS) is 1. The van der Waals surface area contributed by atoms with E-state index in [9.17, 15) is 9.59 Å². The summed E-state index contributed by atoms with van der Waals surface area (Å²) in [5.74, 6) is -0.700. The van der Waals surface area contributed by atoms with Crippen molar-refractivity contribution in [3.05, 3.63) is 35.4 Å². The van der Waals surface area contributed by atoms with Gasteiger partial charge in [0, 0.05) is 13.1 Å². The summed E-state index contributed by atoms with van der Waals surface area (Å²) in [5, 5.41) is 11.8. The van der Waals surface area contributed by atoms with Crippen LogP contribution in [0, 0.1) is 11.8 Å². The van der Waals surface area contributed by atoms with Gasteiger partial charge in [-0.25, -0.2) is 4.79 Å². The summed E-state index contributed by atoms with van der Waals surface area (Å²) >= 11 is 0. The molecule has 0 aliphatic carbocycles. The first-order chi connectivity index (χ1) is 9.93. The molecule has 116 valence electrons. The van der Waals surface area contributed by atoms with E-state index in [4.69, 9.17) is 10.8 Å². The number of amides is 1. The standard InChI is InChI=1S/C16H24N2O3/c1-11(2)8-14(10-17)15(19)18-7-6-12-4-3-5-13(9-12)16(20)21/h3-5,9,11,14H,6-8,10,17H2,1-2H3,(H,18,19)(H,20,21). The van der Waals surface area contributed by atoms with E-state index >= 15 is 0 Å². The van der Waals surface area contributed by atoms with E-state index in [2.05, 4.69) is 19.2 Å². The third kappa shape index (κ3) is 5.95. The highest BCUT2D eigenvalue weighted by Gasteiger charge is 2.17. The fourth-order valence-corrected chi connectivity index (χ4v) is 2.21. The monoisotopic (exact) mass is 292 g/mol. The average Bonchev–Trinajstić information content (AvgIpc) is 2.44. The Morgan fingerprint density at radius 2 is 2.05 bits per heavy atom. The number of benzene rings is 1. The van der Waals surface area contributed by atoms with Crippen molar-refractivity contribution in [1.82, 2.24) is 5.32 Å². The van der Waals surface area contributed by atoms with Gasteiger partial charge < -0.3 is 16.2 Å². The summed E-state index contributed by atoms with van der Waals surface area (Å²) < 4.78 is 0. The molecule has 0 aliphatic rings. The van der Waals surface area contributed by atoms with Crippen molar-refractivity contribution >= 4 is 11.9 Å². The van der Waals surface area contributed by atoms with Crippen LogP contribution in [-0.4, -0.2) is 30.1 Å². The first-order valence-corrected chi connectivity index (χ1v) is 7.24. The molecule has 0 fully saturated rings. The van der Waals surface area contributed by atoms with Crippen molar-refractivity contribution in [1.29, 1.82) is 0 Å². The van der Waals surface area contributed by atoms with Gasteiger partial charge in [0.15, 0.2) is 0 Å². The van der Waals surface area contributed by atoms with Gasteiger partial charge in [-0.15, -0.1) is 0 Å². The zero-order valence-corrected chi connectivity index (χ0v) is 12.6. The van der Waals surface area contributed by atoms with Crippen molar-refractivity contribution in [3.63, 3.8) is 0 Å². The lowest BCUT2D eigenvalue weighted by atomic mass is 9.96. The van der Waals surface area contributed by atoms with E-state index in [1.807, 2.05) is 6.07 Å². The minimum atomic E-state index is -0.944. The predicted octanol–water partition coefficient (Wildman–Crippen LogP) is 1.66. The lowest BCUT2D eigenvalue weighted by molar-refractivity contribution is -0.125. The van der Waals surface area contributed by atoms with Crippen LogP contribution >= 0.6 is 0 Å². The Bertz CT molecular complexity index is 486. The topological polar surface area (TPSA) is 92.4 Å². The molecule has 0 aromatic heterocycles. The van der Waals surface area contributed by atoms with Gasteiger partial charge in [-0.3, -0.25) is 4.79 Å². The molecular weight excluding hydrogens is 268 g/mol. The normalized spacial score (nSPS) is 12.2. The van der Waals surface area contributed by atoms with Crippen LogP contribution in [0.5, 0.6) is 0 Å². The van der Waals surface area contributed by atoms with Crippen molar-refractivity contribution in [2.45, 2.75) is 26.7 Å². The van der Waals surface area contributed by atoms with Gasteiger partial charge in [0.2, 0.25) is 5.91 Å². The van der Waals surface area contributed by atoms with Crippen LogP contribution in [-0.2, 0) is 11.2 Å². The van der Waals surface area contributed by atoms with Gasteiger partial charge in [0.25, 0.3) is 0 Å². The number of hydrogen-bond acceptors (Lipinski definition) is 3. The minimum Gasteiger partial charge on any atom is -0.478 e. The van der Waals surface area contributed by atoms with Crippen LogP contribution in [0.4, 0.5) is 0 Å². The molecule has 0 heterocycles. The number of nitrogens with one attached hydrogen (secondary N) is 1. The van der Waals surface area contributed by atoms with Crippen LogP contribution in [0.25, 0.3) is 0 Å². The van der Waals surface area contributed by atoms with E-state index in [1.165, 1.54) is 0 Å². The SMILES string of the molecule is CC(C)CC(CN)C(=O)NCCc1cccc(C(=O)O)c1. The number of aromatic carboxylic acids is 1. The van der Waals surface area contributed by atoms with Crippen molar-refractivity contribution in [2.24, 2.45) is 17.6 Å². The maximum Gasteiger partial charge on any atom is 0.335 e. The molecule has 1 unspecified atom stereocenters. The maximum absolute atomic E-state index is 12.0. The summed E-state index contributed by atoms with van der Waals surface area (Å²) in [4.78, 5) is 22.9. The van der Waals surface area contributed by atoms with Crippen molar-refractivity contribution < 1.29 is 14.7 Å². The van der Waals surface area contributed by atoms with E-state index in [0.717, 1.165) is 12.0 Å². The second kappa shape index (κ2) is 8.42. The van der Waals surface area contributed by atoms with Gasteiger partial charge in [-0.05, 0) is 36.5 Å². The number of hydrogen-bond donors (Lipinski definition) is 3. The third-order valence-corrected chi connectivity index (χ3v) is 3.30. The quantitative estimate of drug-likeness (QED) is 0.679. The van der Waals surface area contributed by atoms with Gasteiger partial charge >= 0.3 is 5.97 Å². The number of carbonyl (C=O) groups excluding carboxylic acids is 1. The molecule has 1 aromatic carbocycles. The molecule has 1 amide bonds. The molecule has 0 bridgehead atoms. The van der Waals surface area contributed by atoms with E-state index in [1.54, 1.807) is 18.2 Å². The molecule has 1 atom stereocenters. The number of carboxylic acids is 1. The Morgan fingerprint density at radius 1 is 1.33 bits per heavy atom. The van der Waals surface area contributed by atoms with Gasteiger partial charge in [-0.1, -0.05) is 26.0 Å². The first kappa shape index (κ1) is 17.2. The van der Waals surface area contributed by atoms with Crippen molar-refractivity contribution in [3.8, 4) is 0 Å². The molecule has 1 rings (SSSR count). The average molecular weight is 292 g/mol. The Morgan fingerprint density at radius 3 is 2.62 bits per heavy atom. The molecule has 0 aliphatic heterocycles. The predicted molar refractivity (Wildman–Crippen MR) is 82.1 cm³/mol. The zero-order valence-electron chi connectivity index (χ0n) is 12.6. The lowest BCUT2D eigenvalue weighted by Crippen LogP contribution is -2.36. The fraction of sp³-hybridized carbons (Fsp3) is 0.500. The van der Waals surface area contributed by atoms with E-state index in [-0.39, 0.29) is 17.4 Å². The number of carbonyl (C=O) groups is 2. The van der Waals surface area contributed by atoms with Crippen LogP contribution in [0.3, 0.4) is 0 Å². The minimum absolute atomic E-state index is 0.0272. The van der Waals surface area contributed by atoms with Crippen LogP contribution in [0.15, 0.2) is 24.3 Å². The van der Waals surface area contributed by atoms with Crippen LogP contribution in [0.2, 0.25) is 0 Å². The highest BCUT2D eigenvalue weighted by Crippen LogP contribution is 2.11. The molecule has 0 spiro atoms. The fourth-order valence-electron chi connectivity index (χ4n) is 2.21. The molecule has 0 saturated carbocycles. The third-order valence-electron chi connectivity index (χ3n) is 3.30. The smallest absolute Gasteiger partial charge is 0.335 e. The summed E-state index contributed by atoms with van der Waals surface area (Å²) in [7, 11) is 0. The van der Waals surface area contributed by atoms with Gasteiger partial charge in [0.05, 0.1) is 11.5 Å². The van der Waals surface area contributed by atoms with E-state index < -0.39 is 5.97 Å². The molecule has 5 heteroatoms. The van der Waals surface area contributed by atoms with Gasteiger partial charge in [0.1, 0.15) is 0 Å². The van der Waals surface area contributed by atoms with Gasteiger partial charge in [-0.2, -0.15) is 0 Å². The highest BCUT2D eigenvalue weighted by atomic mass is 16.4.